The largest absolute Gasteiger partial charge is 2.00 e. The third-order valence-electron chi connectivity index (χ3n) is 20.2. The van der Waals surface area contributed by atoms with E-state index in [4.69, 9.17) is 61.2 Å². The summed E-state index contributed by atoms with van der Waals surface area (Å²) in [5.74, 6) is 3.78. The maximum Gasteiger partial charge on any atom is 2.00 e. The van der Waals surface area contributed by atoms with E-state index in [1.165, 1.54) is 25.7 Å². The molecular formula is C78H114B4Br12Cr2N24. The van der Waals surface area contributed by atoms with Crippen LogP contribution in [0, 0.1) is 0 Å². The van der Waals surface area contributed by atoms with Gasteiger partial charge in [0.25, 0.3) is 0 Å². The molecule has 0 saturated heterocycles. The van der Waals surface area contributed by atoms with Gasteiger partial charge in [-0.25, -0.2) is 61.2 Å². The summed E-state index contributed by atoms with van der Waals surface area (Å²) < 4.78 is 36.4. The van der Waals surface area contributed by atoms with Gasteiger partial charge in [-0.1, -0.05) is 206 Å². The number of hydrogen-bond donors (Lipinski definition) is 0. The van der Waals surface area contributed by atoms with Crippen LogP contribution in [0.5, 0.6) is 0 Å². The van der Waals surface area contributed by atoms with Crippen LogP contribution in [0.25, 0.3) is 0 Å². The fourth-order valence-electron chi connectivity index (χ4n) is 14.5. The standard InChI is InChI=1S/4C18H25BBr3N6.C6H14.2Cr/c4*1-10(2)16-14(21)8-26(24-16)19(27-9-15(22)17(25-27)11(3)4)28-18(12(5)6)13(20)7-23-28;1-3-5-6-4-2;;/h4*7-12,19H,1-6H3;3-6H2,1-2H3;;/q4*-1;;2*+2. The van der Waals surface area contributed by atoms with E-state index in [-0.39, 0.29) is 34.7 Å². The molecule has 0 bridgehead atoms. The molecule has 12 aromatic heterocycles. The molecule has 0 spiro atoms. The summed E-state index contributed by atoms with van der Waals surface area (Å²) in [4.78, 5) is 0. The molecule has 12 aromatic rings. The van der Waals surface area contributed by atoms with Gasteiger partial charge in [-0.3, -0.25) is 0 Å². The van der Waals surface area contributed by atoms with Crippen LogP contribution in [-0.2, 0) is 34.7 Å². The van der Waals surface area contributed by atoms with Gasteiger partial charge >= 0.3 is 63.2 Å². The number of rotatable bonds is 27. The van der Waals surface area contributed by atoms with E-state index < -0.39 is 28.5 Å². The van der Waals surface area contributed by atoms with Gasteiger partial charge in [0, 0.05) is 22.8 Å². The van der Waals surface area contributed by atoms with Crippen LogP contribution in [0.1, 0.15) is 345 Å². The van der Waals surface area contributed by atoms with Crippen molar-refractivity contribution in [2.75, 3.05) is 0 Å². The summed E-state index contributed by atoms with van der Waals surface area (Å²) in [5, 5.41) is 58.1. The van der Waals surface area contributed by atoms with Gasteiger partial charge < -0.3 is 55.1 Å². The van der Waals surface area contributed by atoms with Crippen LogP contribution in [-0.4, -0.2) is 145 Å². The SMILES string of the molecule is CC(C)c1nn([BH-](n2cc(Br)c(C(C)C)n2)n2ncc(Br)c2C(C)C)cc1Br.CC(C)c1nn([BH-](n2cc(Br)c(C(C)C)n2)n2ncc(Br)c2C(C)C)cc1Br.CC(C)c1nn([BH-](n2cc(Br)c(C(C)C)n2)n2ncc(Br)c2C(C)C)cc1Br.CC(C)c1nn([BH-](n2cc(Br)c(C(C)C)n2)n2ncc(Br)c2C(C)C)cc1Br.CCCCCC.[Cr+2].[Cr+2]. The molecule has 654 valence electrons. The van der Waals surface area contributed by atoms with Crippen LogP contribution < -0.4 is 0 Å². The molecule has 42 heteroatoms. The maximum absolute atomic E-state index is 4.91. The average Bonchev–Trinajstić information content (AvgIpc) is 1.66. The van der Waals surface area contributed by atoms with Gasteiger partial charge in [-0.05, 0) is 312 Å². The monoisotopic (exact) mass is 2480 g/mol. The van der Waals surface area contributed by atoms with Gasteiger partial charge in [0.15, 0.2) is 0 Å². The second-order valence-corrected chi connectivity index (χ2v) is 44.2. The second kappa shape index (κ2) is 47.3. The molecule has 0 aliphatic rings. The third kappa shape index (κ3) is 25.4. The minimum atomic E-state index is -1.43. The van der Waals surface area contributed by atoms with Crippen LogP contribution >= 0.6 is 191 Å². The van der Waals surface area contributed by atoms with Crippen LogP contribution in [0.3, 0.4) is 0 Å². The van der Waals surface area contributed by atoms with Crippen molar-refractivity contribution in [3.05, 3.63) is 196 Å². The summed E-state index contributed by atoms with van der Waals surface area (Å²) in [7, 11) is -5.73. The van der Waals surface area contributed by atoms with Crippen molar-refractivity contribution in [2.24, 2.45) is 0 Å². The fourth-order valence-corrected chi connectivity index (χ4v) is 23.7. The molecule has 12 rings (SSSR count). The Morgan fingerprint density at radius 1 is 0.217 bits per heavy atom. The molecule has 0 amide bonds. The summed E-state index contributed by atoms with van der Waals surface area (Å²) in [6, 6.07) is 0. The zero-order valence-corrected chi connectivity index (χ0v) is 95.2. The molecule has 0 radical (unpaired) electrons. The zero-order chi connectivity index (χ0) is 87.8. The van der Waals surface area contributed by atoms with E-state index in [0.717, 1.165) is 122 Å². The first-order valence-electron chi connectivity index (χ1n) is 40.9. The predicted octanol–water partition coefficient (Wildman–Crippen LogP) is 25.0. The Balaban J connectivity index is 0.000000241. The minimum absolute atomic E-state index is 0. The van der Waals surface area contributed by atoms with E-state index >= 15 is 0 Å². The summed E-state index contributed by atoms with van der Waals surface area (Å²) in [6.45, 7) is 56.2. The predicted molar refractivity (Wildman–Crippen MR) is 531 cm³/mol. The van der Waals surface area contributed by atoms with Crippen molar-refractivity contribution in [2.45, 2.75) is 277 Å². The van der Waals surface area contributed by atoms with E-state index in [9.17, 15) is 0 Å². The van der Waals surface area contributed by atoms with Crippen molar-refractivity contribution >= 4 is 220 Å². The summed E-state index contributed by atoms with van der Waals surface area (Å²) in [6.07, 6.45) is 29.3. The van der Waals surface area contributed by atoms with Gasteiger partial charge in [0.2, 0.25) is 0 Å². The normalized spacial score (nSPS) is 11.9. The first-order valence-corrected chi connectivity index (χ1v) is 50.5. The van der Waals surface area contributed by atoms with Crippen LogP contribution in [0.2, 0.25) is 0 Å². The van der Waals surface area contributed by atoms with Crippen LogP contribution in [0.4, 0.5) is 0 Å². The second-order valence-electron chi connectivity index (χ2n) is 34.0. The summed E-state index contributed by atoms with van der Waals surface area (Å²) in [5.41, 5.74) is 12.8. The molecule has 0 N–H and O–H groups in total. The molecule has 120 heavy (non-hydrogen) atoms. The molecule has 0 aliphatic carbocycles. The Bertz CT molecular complexity index is 4400. The molecular weight excluding hydrogens is 2380 g/mol. The molecule has 0 saturated carbocycles. The van der Waals surface area contributed by atoms with Crippen molar-refractivity contribution in [1.29, 1.82) is 0 Å². The number of unbranched alkanes of at least 4 members (excludes halogenated alkanes) is 3. The van der Waals surface area contributed by atoms with E-state index in [1.54, 1.807) is 0 Å². The number of aromatic nitrogens is 24. The van der Waals surface area contributed by atoms with Crippen molar-refractivity contribution < 1.29 is 34.7 Å². The van der Waals surface area contributed by atoms with Crippen molar-refractivity contribution in [3.63, 3.8) is 0 Å². The average molecular weight is 2490 g/mol. The van der Waals surface area contributed by atoms with Gasteiger partial charge in [-0.2, -0.15) is 0 Å². The number of nitrogens with zero attached hydrogens (tertiary/aromatic N) is 24. The van der Waals surface area contributed by atoms with Crippen molar-refractivity contribution in [1.82, 2.24) is 116 Å². The molecule has 24 nitrogen and oxygen atoms in total. The van der Waals surface area contributed by atoms with Crippen molar-refractivity contribution in [3.8, 4) is 0 Å². The first-order chi connectivity index (χ1) is 55.4. The van der Waals surface area contributed by atoms with Gasteiger partial charge in [0.1, 0.15) is 0 Å². The Labute approximate surface area is 833 Å². The summed E-state index contributed by atoms with van der Waals surface area (Å²) >= 11 is 44.1. The first kappa shape index (κ1) is 106. The Hall–Kier alpha value is -2.40. The number of halogens is 12. The molecule has 0 aromatic carbocycles. The van der Waals surface area contributed by atoms with E-state index in [1.807, 2.05) is 111 Å². The van der Waals surface area contributed by atoms with E-state index in [2.05, 4.69) is 390 Å². The smallest absolute Gasteiger partial charge is 0.402 e. The Kier molecular flexibility index (Phi) is 41.9. The fraction of sp³-hybridized carbons (Fsp3) is 0.538. The third-order valence-corrected chi connectivity index (χ3v) is 27.5. The zero-order valence-electron chi connectivity index (χ0n) is 73.6. The minimum Gasteiger partial charge on any atom is -0.402 e. The van der Waals surface area contributed by atoms with Crippen LogP contribution in [0.15, 0.2) is 128 Å². The molecule has 12 heterocycles. The molecule has 0 aliphatic heterocycles. The quantitative estimate of drug-likeness (QED) is 0.0347. The topological polar surface area (TPSA) is 214 Å². The van der Waals surface area contributed by atoms with E-state index in [0.29, 0.717) is 71.0 Å². The molecule has 0 unspecified atom stereocenters. The maximum atomic E-state index is 4.91. The Morgan fingerprint density at radius 2 is 0.342 bits per heavy atom. The number of hydrogen-bond acceptors (Lipinski definition) is 12. The van der Waals surface area contributed by atoms with Gasteiger partial charge in [0.05, 0.1) is 124 Å². The molecule has 0 atom stereocenters. The Morgan fingerprint density at radius 3 is 0.433 bits per heavy atom. The molecule has 0 fully saturated rings. The van der Waals surface area contributed by atoms with Gasteiger partial charge in [-0.15, -0.1) is 0 Å².